The van der Waals surface area contributed by atoms with Gasteiger partial charge in [-0.3, -0.25) is 4.79 Å². The van der Waals surface area contributed by atoms with E-state index in [1.165, 1.54) is 4.90 Å². The number of nitrogens with zero attached hydrogens (tertiary/aromatic N) is 1. The van der Waals surface area contributed by atoms with Crippen LogP contribution in [-0.4, -0.2) is 24.2 Å². The van der Waals surface area contributed by atoms with Crippen LogP contribution in [0.15, 0.2) is 48.5 Å². The lowest BCUT2D eigenvalue weighted by Gasteiger charge is -2.24. The molecular weight excluding hydrogens is 367 g/mol. The van der Waals surface area contributed by atoms with E-state index in [1.807, 2.05) is 30.3 Å². The molecule has 3 N–H and O–H groups in total. The summed E-state index contributed by atoms with van der Waals surface area (Å²) in [7, 11) is 0. The van der Waals surface area contributed by atoms with Crippen molar-refractivity contribution in [3.05, 3.63) is 57.7 Å². The number of nitrogens with two attached hydrogens (primary N) is 1. The van der Waals surface area contributed by atoms with E-state index in [2.05, 4.69) is 22.6 Å². The van der Waals surface area contributed by atoms with E-state index in [-0.39, 0.29) is 19.1 Å². The number of nitrogen functional groups attached to an aromatic ring is 1. The standard InChI is InChI=1S/C15H15IN2O2/c16-12-6-2-1-5-11(12)15(20)18(9-10-19)14-8-4-3-7-13(14)17/h1-8,19H,9-10,17H2. The van der Waals surface area contributed by atoms with Gasteiger partial charge in [0.1, 0.15) is 0 Å². The Labute approximate surface area is 131 Å². The molecule has 0 aliphatic rings. The monoisotopic (exact) mass is 382 g/mol. The van der Waals surface area contributed by atoms with E-state index in [9.17, 15) is 9.90 Å². The molecule has 4 nitrogen and oxygen atoms in total. The second-order valence-corrected chi connectivity index (χ2v) is 5.38. The minimum Gasteiger partial charge on any atom is -0.397 e. The van der Waals surface area contributed by atoms with Crippen molar-refractivity contribution < 1.29 is 9.90 Å². The maximum atomic E-state index is 12.7. The molecule has 2 rings (SSSR count). The highest BCUT2D eigenvalue weighted by atomic mass is 127. The van der Waals surface area contributed by atoms with Gasteiger partial charge in [-0.2, -0.15) is 0 Å². The highest BCUT2D eigenvalue weighted by molar-refractivity contribution is 14.1. The van der Waals surface area contributed by atoms with Gasteiger partial charge in [0.05, 0.1) is 23.5 Å². The largest absolute Gasteiger partial charge is 0.397 e. The molecule has 0 saturated carbocycles. The minimum atomic E-state index is -0.165. The average molecular weight is 382 g/mol. The molecule has 0 saturated heterocycles. The van der Waals surface area contributed by atoms with E-state index in [0.717, 1.165) is 3.57 Å². The fraction of sp³-hybridized carbons (Fsp3) is 0.133. The van der Waals surface area contributed by atoms with Gasteiger partial charge in [0.15, 0.2) is 0 Å². The minimum absolute atomic E-state index is 0.122. The third kappa shape index (κ3) is 3.10. The van der Waals surface area contributed by atoms with Crippen LogP contribution in [0.4, 0.5) is 11.4 Å². The number of carbonyl (C=O) groups is 1. The van der Waals surface area contributed by atoms with Crippen LogP contribution in [0.3, 0.4) is 0 Å². The first-order valence-electron chi connectivity index (χ1n) is 6.17. The van der Waals surface area contributed by atoms with Crippen LogP contribution in [0.25, 0.3) is 0 Å². The maximum Gasteiger partial charge on any atom is 0.259 e. The predicted octanol–water partition coefficient (Wildman–Crippen LogP) is 2.51. The molecule has 1 amide bonds. The van der Waals surface area contributed by atoms with Crippen LogP contribution in [-0.2, 0) is 0 Å². The Balaban J connectivity index is 2.42. The zero-order valence-corrected chi connectivity index (χ0v) is 12.9. The molecule has 2 aromatic carbocycles. The Bertz CT molecular complexity index is 616. The highest BCUT2D eigenvalue weighted by Crippen LogP contribution is 2.25. The molecule has 0 heterocycles. The van der Waals surface area contributed by atoms with Gasteiger partial charge in [-0.15, -0.1) is 0 Å². The summed E-state index contributed by atoms with van der Waals surface area (Å²) in [4.78, 5) is 14.2. The smallest absolute Gasteiger partial charge is 0.259 e. The van der Waals surface area contributed by atoms with Crippen LogP contribution in [0.1, 0.15) is 10.4 Å². The van der Waals surface area contributed by atoms with Gasteiger partial charge in [-0.25, -0.2) is 0 Å². The van der Waals surface area contributed by atoms with E-state index >= 15 is 0 Å². The number of rotatable bonds is 4. The number of benzene rings is 2. The summed E-state index contributed by atoms with van der Waals surface area (Å²) >= 11 is 2.12. The first-order valence-corrected chi connectivity index (χ1v) is 7.24. The van der Waals surface area contributed by atoms with E-state index in [0.29, 0.717) is 16.9 Å². The number of aliphatic hydroxyl groups excluding tert-OH is 1. The lowest BCUT2D eigenvalue weighted by molar-refractivity contribution is 0.0980. The first-order chi connectivity index (χ1) is 9.65. The Morgan fingerprint density at radius 1 is 1.15 bits per heavy atom. The molecule has 0 unspecified atom stereocenters. The molecule has 0 atom stereocenters. The fourth-order valence-electron chi connectivity index (χ4n) is 1.94. The van der Waals surface area contributed by atoms with E-state index in [1.54, 1.807) is 18.2 Å². The number of halogens is 1. The number of hydrogen-bond donors (Lipinski definition) is 2. The van der Waals surface area contributed by atoms with Crippen molar-refractivity contribution in [1.29, 1.82) is 0 Å². The van der Waals surface area contributed by atoms with Crippen molar-refractivity contribution in [1.82, 2.24) is 0 Å². The number of aliphatic hydroxyl groups is 1. The quantitative estimate of drug-likeness (QED) is 0.631. The van der Waals surface area contributed by atoms with Crippen LogP contribution in [0.5, 0.6) is 0 Å². The summed E-state index contributed by atoms with van der Waals surface area (Å²) < 4.78 is 0.868. The zero-order chi connectivity index (χ0) is 14.5. The topological polar surface area (TPSA) is 66.6 Å². The van der Waals surface area contributed by atoms with Crippen LogP contribution in [0, 0.1) is 3.57 Å². The number of anilines is 2. The molecule has 0 fully saturated rings. The molecule has 5 heteroatoms. The van der Waals surface area contributed by atoms with Crippen molar-refractivity contribution >= 4 is 39.9 Å². The average Bonchev–Trinajstić information content (AvgIpc) is 2.46. The van der Waals surface area contributed by atoms with Crippen molar-refractivity contribution in [2.75, 3.05) is 23.8 Å². The summed E-state index contributed by atoms with van der Waals surface area (Å²) in [5.41, 5.74) is 7.66. The summed E-state index contributed by atoms with van der Waals surface area (Å²) in [5.74, 6) is -0.165. The molecule has 0 aromatic heterocycles. The second-order valence-electron chi connectivity index (χ2n) is 4.22. The predicted molar refractivity (Wildman–Crippen MR) is 88.8 cm³/mol. The van der Waals surface area contributed by atoms with Crippen LogP contribution < -0.4 is 10.6 Å². The fourth-order valence-corrected chi connectivity index (χ4v) is 2.56. The number of para-hydroxylation sites is 2. The van der Waals surface area contributed by atoms with Crippen molar-refractivity contribution in [3.63, 3.8) is 0 Å². The Morgan fingerprint density at radius 2 is 1.80 bits per heavy atom. The van der Waals surface area contributed by atoms with Gasteiger partial charge in [-0.1, -0.05) is 24.3 Å². The SMILES string of the molecule is Nc1ccccc1N(CCO)C(=O)c1ccccc1I. The van der Waals surface area contributed by atoms with Gasteiger partial charge in [0.25, 0.3) is 5.91 Å². The molecule has 0 aliphatic heterocycles. The molecule has 0 aliphatic carbocycles. The summed E-state index contributed by atoms with van der Waals surface area (Å²) in [6, 6.07) is 14.5. The third-order valence-electron chi connectivity index (χ3n) is 2.90. The maximum absolute atomic E-state index is 12.7. The van der Waals surface area contributed by atoms with Crippen molar-refractivity contribution in [2.24, 2.45) is 0 Å². The zero-order valence-electron chi connectivity index (χ0n) is 10.8. The summed E-state index contributed by atoms with van der Waals surface area (Å²) in [5, 5.41) is 9.22. The van der Waals surface area contributed by atoms with Crippen LogP contribution >= 0.6 is 22.6 Å². The Kier molecular flexibility index (Phi) is 4.97. The lowest BCUT2D eigenvalue weighted by atomic mass is 10.1. The van der Waals surface area contributed by atoms with Crippen molar-refractivity contribution in [2.45, 2.75) is 0 Å². The first kappa shape index (κ1) is 14.8. The van der Waals surface area contributed by atoms with Crippen molar-refractivity contribution in [3.8, 4) is 0 Å². The molecule has 0 radical (unpaired) electrons. The Morgan fingerprint density at radius 3 is 2.45 bits per heavy atom. The van der Waals surface area contributed by atoms with Gasteiger partial charge in [-0.05, 0) is 46.9 Å². The molecule has 0 bridgehead atoms. The molecule has 0 spiro atoms. The lowest BCUT2D eigenvalue weighted by Crippen LogP contribution is -2.34. The third-order valence-corrected chi connectivity index (χ3v) is 3.84. The molecule has 20 heavy (non-hydrogen) atoms. The summed E-state index contributed by atoms with van der Waals surface area (Å²) in [6.45, 7) is 0.0848. The van der Waals surface area contributed by atoms with Gasteiger partial charge in [0.2, 0.25) is 0 Å². The number of hydrogen-bond acceptors (Lipinski definition) is 3. The van der Waals surface area contributed by atoms with Gasteiger partial charge < -0.3 is 15.7 Å². The summed E-state index contributed by atoms with van der Waals surface area (Å²) in [6.07, 6.45) is 0. The normalized spacial score (nSPS) is 10.3. The Hall–Kier alpha value is -1.60. The van der Waals surface area contributed by atoms with Gasteiger partial charge >= 0.3 is 0 Å². The second kappa shape index (κ2) is 6.71. The molecule has 104 valence electrons. The highest BCUT2D eigenvalue weighted by Gasteiger charge is 2.20. The molecule has 2 aromatic rings. The number of amides is 1. The van der Waals surface area contributed by atoms with Gasteiger partial charge in [0, 0.05) is 10.1 Å². The molecular formula is C15H15IN2O2. The number of carbonyl (C=O) groups excluding carboxylic acids is 1. The van der Waals surface area contributed by atoms with E-state index in [4.69, 9.17) is 5.73 Å². The van der Waals surface area contributed by atoms with E-state index < -0.39 is 0 Å². The van der Waals surface area contributed by atoms with Crippen LogP contribution in [0.2, 0.25) is 0 Å².